The molecule has 20 heteroatoms. The summed E-state index contributed by atoms with van der Waals surface area (Å²) in [6.45, 7) is -1.92. The largest absolute Gasteiger partial charge is 0.723 e. The summed E-state index contributed by atoms with van der Waals surface area (Å²) >= 11 is 0. The van der Waals surface area contributed by atoms with Gasteiger partial charge < -0.3 is 9.47 Å². The number of hydrogen-bond donors (Lipinski definition) is 0. The van der Waals surface area contributed by atoms with Crippen LogP contribution in [0.5, 0.6) is 0 Å². The van der Waals surface area contributed by atoms with Crippen LogP contribution in [0, 0.1) is 50.6 Å². The lowest BCUT2D eigenvalue weighted by Gasteiger charge is -2.25. The number of nitro groups is 5. The first-order chi connectivity index (χ1) is 13.3. The van der Waals surface area contributed by atoms with Crippen LogP contribution in [-0.2, 0) is 19.1 Å². The van der Waals surface area contributed by atoms with E-state index in [1.165, 1.54) is 0 Å². The van der Waals surface area contributed by atoms with Crippen LogP contribution in [0.15, 0.2) is 0 Å². The summed E-state index contributed by atoms with van der Waals surface area (Å²) in [5, 5.41) is 52.7. The van der Waals surface area contributed by atoms with Gasteiger partial charge in [-0.25, -0.2) is 19.7 Å². The molecule has 162 valence electrons. The molecular formula is C9H12N6O14. The van der Waals surface area contributed by atoms with E-state index in [0.29, 0.717) is 0 Å². The number of esters is 2. The van der Waals surface area contributed by atoms with Gasteiger partial charge in [0.25, 0.3) is 0 Å². The van der Waals surface area contributed by atoms with Crippen LogP contribution < -0.4 is 0 Å². The zero-order chi connectivity index (χ0) is 23.2. The van der Waals surface area contributed by atoms with Gasteiger partial charge in [0.1, 0.15) is 0 Å². The second kappa shape index (κ2) is 9.09. The Kier molecular flexibility index (Phi) is 7.76. The van der Waals surface area contributed by atoms with Crippen molar-refractivity contribution >= 4 is 11.9 Å². The molecule has 0 aromatic heterocycles. The molecule has 0 aromatic rings. The Morgan fingerprint density at radius 3 is 1.31 bits per heavy atom. The maximum absolute atomic E-state index is 12.1. The topological polar surface area (TPSA) is 272 Å². The highest BCUT2D eigenvalue weighted by Crippen LogP contribution is 2.26. The zero-order valence-electron chi connectivity index (χ0n) is 14.5. The van der Waals surface area contributed by atoms with Gasteiger partial charge in [-0.1, -0.05) is 0 Å². The predicted octanol–water partition coefficient (Wildman–Crippen LogP) is -1.94. The first-order valence-electron chi connectivity index (χ1n) is 7.12. The Hall–Kier alpha value is -4.26. The third-order valence-corrected chi connectivity index (χ3v) is 3.19. The summed E-state index contributed by atoms with van der Waals surface area (Å²) in [6.07, 6.45) is 0. The van der Waals surface area contributed by atoms with E-state index >= 15 is 0 Å². The second-order valence-corrected chi connectivity index (χ2v) is 4.71. The van der Waals surface area contributed by atoms with Crippen molar-refractivity contribution in [2.24, 2.45) is 0 Å². The van der Waals surface area contributed by atoms with Crippen molar-refractivity contribution in [3.8, 4) is 0 Å². The molecule has 20 nitrogen and oxygen atoms in total. The zero-order valence-corrected chi connectivity index (χ0v) is 14.5. The smallest absolute Gasteiger partial charge is 0.459 e. The molecule has 0 atom stereocenters. The lowest BCUT2D eigenvalue weighted by atomic mass is 10.1. The maximum Gasteiger partial charge on any atom is 0.723 e. The van der Waals surface area contributed by atoms with E-state index in [0.717, 1.165) is 13.8 Å². The molecule has 0 aliphatic heterocycles. The van der Waals surface area contributed by atoms with Gasteiger partial charge in [-0.3, -0.25) is 40.5 Å². The Labute approximate surface area is 157 Å². The average molecular weight is 428 g/mol. The Morgan fingerprint density at radius 2 is 1.10 bits per heavy atom. The summed E-state index contributed by atoms with van der Waals surface area (Å²) in [7, 11) is 0. The minimum atomic E-state index is -4.66. The first kappa shape index (κ1) is 24.7. The number of hydrazine groups is 1. The third-order valence-electron chi connectivity index (χ3n) is 3.19. The molecule has 0 bridgehead atoms. The van der Waals surface area contributed by atoms with Crippen LogP contribution in [-0.4, -0.2) is 72.9 Å². The Morgan fingerprint density at radius 1 is 0.759 bits per heavy atom. The lowest BCUT2D eigenvalue weighted by molar-refractivity contribution is -0.975. The van der Waals surface area contributed by atoms with Crippen LogP contribution in [0.1, 0.15) is 13.8 Å². The van der Waals surface area contributed by atoms with Crippen LogP contribution in [0.4, 0.5) is 0 Å². The molecule has 0 saturated carbocycles. The molecule has 29 heavy (non-hydrogen) atoms. The molecule has 0 fully saturated rings. The van der Waals surface area contributed by atoms with Crippen molar-refractivity contribution in [3.05, 3.63) is 50.6 Å². The highest BCUT2D eigenvalue weighted by Gasteiger charge is 2.81. The molecule has 0 saturated heterocycles. The molecule has 0 aromatic carbocycles. The summed E-state index contributed by atoms with van der Waals surface area (Å²) < 4.78 is 8.45. The molecule has 0 N–H and O–H groups in total. The molecule has 0 radical (unpaired) electrons. The van der Waals surface area contributed by atoms with Gasteiger partial charge in [0.2, 0.25) is 0 Å². The van der Waals surface area contributed by atoms with E-state index in [2.05, 4.69) is 9.47 Å². The van der Waals surface area contributed by atoms with Gasteiger partial charge in [0, 0.05) is 0 Å². The standard InChI is InChI=1S/C9H12N6O14/c1-3-28-6(16)9(14(24)25,7(17)29-4-2)10(15(26)27)5-8(11(18)19,12(20)21)13(22)23/h3-5H2,1-2H3. The van der Waals surface area contributed by atoms with Crippen molar-refractivity contribution in [1.29, 1.82) is 0 Å². The molecule has 0 rings (SSSR count). The highest BCUT2D eigenvalue weighted by molar-refractivity contribution is 6.02. The number of hydrogen-bond acceptors (Lipinski definition) is 14. The van der Waals surface area contributed by atoms with Crippen molar-refractivity contribution in [2.75, 3.05) is 19.8 Å². The highest BCUT2D eigenvalue weighted by atomic mass is 16.7. The van der Waals surface area contributed by atoms with Crippen molar-refractivity contribution in [1.82, 2.24) is 5.01 Å². The normalized spacial score (nSPS) is 11.1. The van der Waals surface area contributed by atoms with E-state index < -0.39 is 72.9 Å². The first-order valence-corrected chi connectivity index (χ1v) is 7.12. The van der Waals surface area contributed by atoms with Crippen LogP contribution >= 0.6 is 0 Å². The Bertz CT molecular complexity index is 696. The fourth-order valence-corrected chi connectivity index (χ4v) is 1.87. The minimum absolute atomic E-state index is 0.704. The van der Waals surface area contributed by atoms with E-state index in [1.807, 2.05) is 0 Å². The predicted molar refractivity (Wildman–Crippen MR) is 80.4 cm³/mol. The van der Waals surface area contributed by atoms with E-state index in [9.17, 15) is 60.2 Å². The van der Waals surface area contributed by atoms with Crippen LogP contribution in [0.25, 0.3) is 0 Å². The fourth-order valence-electron chi connectivity index (χ4n) is 1.87. The van der Waals surface area contributed by atoms with Crippen molar-refractivity contribution in [2.45, 2.75) is 25.3 Å². The lowest BCUT2D eigenvalue weighted by Crippen LogP contribution is -2.72. The molecule has 0 heterocycles. The summed E-state index contributed by atoms with van der Waals surface area (Å²) in [5.41, 5.74) is -4.36. The van der Waals surface area contributed by atoms with Crippen LogP contribution in [0.3, 0.4) is 0 Å². The van der Waals surface area contributed by atoms with Gasteiger partial charge >= 0.3 is 29.9 Å². The number of ether oxygens (including phenoxy) is 2. The molecule has 0 spiro atoms. The second-order valence-electron chi connectivity index (χ2n) is 4.71. The average Bonchev–Trinajstić information content (AvgIpc) is 2.57. The number of carbonyl (C=O) groups excluding carboxylic acids is 2. The van der Waals surface area contributed by atoms with Gasteiger partial charge in [-0.05, 0) is 18.9 Å². The molecule has 0 amide bonds. The van der Waals surface area contributed by atoms with Gasteiger partial charge in [0.15, 0.2) is 19.8 Å². The van der Waals surface area contributed by atoms with Gasteiger partial charge in [0.05, 0.1) is 18.1 Å². The monoisotopic (exact) mass is 428 g/mol. The quantitative estimate of drug-likeness (QED) is 0.107. The van der Waals surface area contributed by atoms with Crippen molar-refractivity contribution in [3.63, 3.8) is 0 Å². The fraction of sp³-hybridized carbons (Fsp3) is 0.778. The van der Waals surface area contributed by atoms with E-state index in [-0.39, 0.29) is 0 Å². The number of nitrogens with zero attached hydrogens (tertiary/aromatic N) is 6. The van der Waals surface area contributed by atoms with Crippen LogP contribution in [0.2, 0.25) is 0 Å². The molecule has 0 unspecified atom stereocenters. The van der Waals surface area contributed by atoms with Crippen molar-refractivity contribution < 1.29 is 43.8 Å². The van der Waals surface area contributed by atoms with E-state index in [1.54, 1.807) is 0 Å². The maximum atomic E-state index is 12.1. The number of carbonyl (C=O) groups is 2. The molecule has 0 aliphatic carbocycles. The summed E-state index contributed by atoms with van der Waals surface area (Å²) in [5.74, 6) is -9.29. The van der Waals surface area contributed by atoms with Gasteiger partial charge in [-0.15, -0.1) is 0 Å². The summed E-state index contributed by atoms with van der Waals surface area (Å²) in [4.78, 5) is 71.7. The Balaban J connectivity index is 7.07. The third kappa shape index (κ3) is 4.03. The SMILES string of the molecule is CCOC(=O)C(C(=O)OCC)(N(CC([N+](=O)[O-])([N+](=O)[O-])[N+](=O)[O-])[N+](=O)[O-])[N+](=O)[O-]. The van der Waals surface area contributed by atoms with Gasteiger partial charge in [-0.2, -0.15) is 0 Å². The summed E-state index contributed by atoms with van der Waals surface area (Å²) in [6, 6.07) is 0. The number of rotatable bonds is 12. The van der Waals surface area contributed by atoms with E-state index in [4.69, 9.17) is 0 Å². The molecular weight excluding hydrogens is 416 g/mol. The minimum Gasteiger partial charge on any atom is -0.459 e. The molecule has 0 aliphatic rings.